The predicted molar refractivity (Wildman–Crippen MR) is 72.4 cm³/mol. The molecule has 2 rings (SSSR count). The molecule has 0 spiro atoms. The maximum absolute atomic E-state index is 12.1. The number of rotatable bonds is 3. The second kappa shape index (κ2) is 5.34. The SMILES string of the molecule is Nc1ccc(S(=O)Cc2ccccc2Cl)cc1. The highest BCUT2D eigenvalue weighted by molar-refractivity contribution is 7.84. The number of nitrogen functional groups attached to an aromatic ring is 1. The molecule has 2 nitrogen and oxygen atoms in total. The van der Waals surface area contributed by atoms with Gasteiger partial charge in [0.15, 0.2) is 0 Å². The predicted octanol–water partition coefficient (Wildman–Crippen LogP) is 3.23. The van der Waals surface area contributed by atoms with Gasteiger partial charge in [0.1, 0.15) is 0 Å². The van der Waals surface area contributed by atoms with Crippen LogP contribution in [-0.4, -0.2) is 4.21 Å². The first-order chi connectivity index (χ1) is 8.16. The fourth-order valence-corrected chi connectivity index (χ4v) is 2.88. The minimum atomic E-state index is -1.09. The molecule has 1 atom stereocenters. The molecule has 4 heteroatoms. The average molecular weight is 266 g/mol. The first kappa shape index (κ1) is 12.1. The monoisotopic (exact) mass is 265 g/mol. The lowest BCUT2D eigenvalue weighted by Gasteiger charge is -2.04. The average Bonchev–Trinajstić information content (AvgIpc) is 2.33. The number of hydrogen-bond donors (Lipinski definition) is 1. The van der Waals surface area contributed by atoms with E-state index >= 15 is 0 Å². The molecule has 1 unspecified atom stereocenters. The van der Waals surface area contributed by atoms with E-state index in [1.54, 1.807) is 30.3 Å². The Kier molecular flexibility index (Phi) is 3.82. The minimum Gasteiger partial charge on any atom is -0.399 e. The zero-order chi connectivity index (χ0) is 12.3. The third kappa shape index (κ3) is 3.08. The fraction of sp³-hybridized carbons (Fsp3) is 0.0769. The Labute approximate surface area is 108 Å². The van der Waals surface area contributed by atoms with Crippen molar-refractivity contribution in [3.8, 4) is 0 Å². The molecule has 2 N–H and O–H groups in total. The van der Waals surface area contributed by atoms with Crippen molar-refractivity contribution in [2.75, 3.05) is 5.73 Å². The summed E-state index contributed by atoms with van der Waals surface area (Å²) in [5, 5.41) is 0.649. The van der Waals surface area contributed by atoms with Crippen molar-refractivity contribution in [1.82, 2.24) is 0 Å². The van der Waals surface area contributed by atoms with Crippen LogP contribution in [0.1, 0.15) is 5.56 Å². The van der Waals surface area contributed by atoms with Crippen molar-refractivity contribution >= 4 is 28.1 Å². The van der Waals surface area contributed by atoms with Gasteiger partial charge in [-0.3, -0.25) is 4.21 Å². The first-order valence-electron chi connectivity index (χ1n) is 5.14. The zero-order valence-corrected chi connectivity index (χ0v) is 10.7. The molecule has 0 aliphatic rings. The highest BCUT2D eigenvalue weighted by Crippen LogP contribution is 2.20. The van der Waals surface area contributed by atoms with Crippen LogP contribution < -0.4 is 5.73 Å². The molecule has 0 aliphatic carbocycles. The molecule has 0 amide bonds. The van der Waals surface area contributed by atoms with Crippen LogP contribution in [-0.2, 0) is 16.6 Å². The summed E-state index contributed by atoms with van der Waals surface area (Å²) < 4.78 is 12.1. The number of hydrogen-bond acceptors (Lipinski definition) is 2. The van der Waals surface area contributed by atoms with E-state index < -0.39 is 10.8 Å². The molecule has 0 saturated carbocycles. The van der Waals surface area contributed by atoms with Gasteiger partial charge in [-0.05, 0) is 35.9 Å². The van der Waals surface area contributed by atoms with E-state index in [2.05, 4.69) is 0 Å². The van der Waals surface area contributed by atoms with Gasteiger partial charge in [0.2, 0.25) is 0 Å². The van der Waals surface area contributed by atoms with Gasteiger partial charge < -0.3 is 5.73 Å². The topological polar surface area (TPSA) is 43.1 Å². The van der Waals surface area contributed by atoms with Crippen molar-refractivity contribution in [3.05, 3.63) is 59.1 Å². The summed E-state index contributed by atoms with van der Waals surface area (Å²) in [5.74, 6) is 0.420. The lowest BCUT2D eigenvalue weighted by atomic mass is 10.2. The largest absolute Gasteiger partial charge is 0.399 e. The van der Waals surface area contributed by atoms with E-state index in [0.29, 0.717) is 16.5 Å². The summed E-state index contributed by atoms with van der Waals surface area (Å²) >= 11 is 6.03. The van der Waals surface area contributed by atoms with Crippen molar-refractivity contribution < 1.29 is 4.21 Å². The van der Waals surface area contributed by atoms with Crippen molar-refractivity contribution in [2.24, 2.45) is 0 Å². The standard InChI is InChI=1S/C13H12ClNOS/c14-13-4-2-1-3-10(13)9-17(16)12-7-5-11(15)6-8-12/h1-8H,9,15H2. The molecule has 0 fully saturated rings. The molecule has 0 heterocycles. The van der Waals surface area contributed by atoms with Gasteiger partial charge in [-0.1, -0.05) is 29.8 Å². The minimum absolute atomic E-state index is 0.420. The molecule has 0 aromatic heterocycles. The molecule has 0 bridgehead atoms. The van der Waals surface area contributed by atoms with Crippen molar-refractivity contribution in [1.29, 1.82) is 0 Å². The van der Waals surface area contributed by atoms with Crippen LogP contribution in [0.15, 0.2) is 53.4 Å². The maximum atomic E-state index is 12.1. The summed E-state index contributed by atoms with van der Waals surface area (Å²) in [7, 11) is -1.09. The first-order valence-corrected chi connectivity index (χ1v) is 6.84. The smallest absolute Gasteiger partial charge is 0.0574 e. The maximum Gasteiger partial charge on any atom is 0.0574 e. The molecule has 0 aliphatic heterocycles. The van der Waals surface area contributed by atoms with E-state index in [1.165, 1.54) is 0 Å². The number of nitrogens with two attached hydrogens (primary N) is 1. The van der Waals surface area contributed by atoms with Gasteiger partial charge in [0.25, 0.3) is 0 Å². The Bertz CT molecular complexity index is 539. The Morgan fingerprint density at radius 1 is 1.06 bits per heavy atom. The molecule has 0 saturated heterocycles. The number of benzene rings is 2. The van der Waals surface area contributed by atoms with Gasteiger partial charge in [-0.15, -0.1) is 0 Å². The summed E-state index contributed by atoms with van der Waals surface area (Å²) in [6, 6.07) is 14.5. The second-order valence-corrected chi connectivity index (χ2v) is 5.51. The van der Waals surface area contributed by atoms with Gasteiger partial charge in [-0.2, -0.15) is 0 Å². The summed E-state index contributed by atoms with van der Waals surface area (Å²) in [6.45, 7) is 0. The second-order valence-electron chi connectivity index (χ2n) is 3.65. The Morgan fingerprint density at radius 2 is 1.71 bits per heavy atom. The number of anilines is 1. The van der Waals surface area contributed by atoms with Gasteiger partial charge >= 0.3 is 0 Å². The molecule has 2 aromatic rings. The van der Waals surface area contributed by atoms with E-state index in [-0.39, 0.29) is 0 Å². The van der Waals surface area contributed by atoms with Crippen LogP contribution >= 0.6 is 11.6 Å². The highest BCUT2D eigenvalue weighted by atomic mass is 35.5. The third-order valence-electron chi connectivity index (χ3n) is 2.39. The number of halogens is 1. The summed E-state index contributed by atoms with van der Waals surface area (Å²) in [4.78, 5) is 0.763. The van der Waals surface area contributed by atoms with Crippen LogP contribution in [0.5, 0.6) is 0 Å². The van der Waals surface area contributed by atoms with Gasteiger partial charge in [0.05, 0.1) is 16.6 Å². The molecule has 17 heavy (non-hydrogen) atoms. The molecular formula is C13H12ClNOS. The molecule has 88 valence electrons. The fourth-order valence-electron chi connectivity index (χ4n) is 1.46. The van der Waals surface area contributed by atoms with Crippen LogP contribution in [0.2, 0.25) is 5.02 Å². The van der Waals surface area contributed by atoms with Crippen LogP contribution in [0.25, 0.3) is 0 Å². The molecule has 2 aromatic carbocycles. The Hall–Kier alpha value is -1.32. The summed E-state index contributed by atoms with van der Waals surface area (Å²) in [5.41, 5.74) is 7.15. The quantitative estimate of drug-likeness (QED) is 0.866. The Morgan fingerprint density at radius 3 is 2.35 bits per heavy atom. The molecular weight excluding hydrogens is 254 g/mol. The van der Waals surface area contributed by atoms with E-state index in [9.17, 15) is 4.21 Å². The van der Waals surface area contributed by atoms with E-state index in [4.69, 9.17) is 17.3 Å². The normalized spacial score (nSPS) is 12.3. The Balaban J connectivity index is 2.17. The van der Waals surface area contributed by atoms with Crippen LogP contribution in [0.3, 0.4) is 0 Å². The lowest BCUT2D eigenvalue weighted by molar-refractivity contribution is 0.682. The molecule has 0 radical (unpaired) electrons. The zero-order valence-electron chi connectivity index (χ0n) is 9.10. The van der Waals surface area contributed by atoms with Crippen molar-refractivity contribution in [2.45, 2.75) is 10.6 Å². The summed E-state index contributed by atoms with van der Waals surface area (Å²) in [6.07, 6.45) is 0. The highest BCUT2D eigenvalue weighted by Gasteiger charge is 2.07. The van der Waals surface area contributed by atoms with Crippen LogP contribution in [0.4, 0.5) is 5.69 Å². The van der Waals surface area contributed by atoms with E-state index in [0.717, 1.165) is 10.5 Å². The van der Waals surface area contributed by atoms with Crippen molar-refractivity contribution in [3.63, 3.8) is 0 Å². The van der Waals surface area contributed by atoms with Gasteiger partial charge in [0, 0.05) is 15.6 Å². The van der Waals surface area contributed by atoms with Crippen LogP contribution in [0, 0.1) is 0 Å². The van der Waals surface area contributed by atoms with Gasteiger partial charge in [-0.25, -0.2) is 0 Å². The lowest BCUT2D eigenvalue weighted by Crippen LogP contribution is -1.97. The van der Waals surface area contributed by atoms with E-state index in [1.807, 2.05) is 18.2 Å². The third-order valence-corrected chi connectivity index (χ3v) is 4.13.